The van der Waals surface area contributed by atoms with Crippen LogP contribution in [-0.2, 0) is 42.7 Å². The van der Waals surface area contributed by atoms with Crippen molar-refractivity contribution in [2.24, 2.45) is 23.7 Å². The van der Waals surface area contributed by atoms with Gasteiger partial charge in [0.2, 0.25) is 11.7 Å². The van der Waals surface area contributed by atoms with E-state index in [0.717, 1.165) is 11.1 Å². The summed E-state index contributed by atoms with van der Waals surface area (Å²) in [6.07, 6.45) is 5.66. The van der Waals surface area contributed by atoms with Crippen LogP contribution in [-0.4, -0.2) is 127 Å². The first kappa shape index (κ1) is 48.4. The minimum atomic E-state index is -2.37. The van der Waals surface area contributed by atoms with Gasteiger partial charge in [-0.1, -0.05) is 62.3 Å². The van der Waals surface area contributed by atoms with Crippen LogP contribution in [0.1, 0.15) is 81.6 Å². The van der Waals surface area contributed by atoms with E-state index < -0.39 is 96.8 Å². The molecule has 5 N–H and O–H groups in total. The molecular weight excluding hydrogens is 738 g/mol. The zero-order valence-electron chi connectivity index (χ0n) is 35.8. The lowest BCUT2D eigenvalue weighted by molar-refractivity contribution is -0.353. The highest BCUT2D eigenvalue weighted by Crippen LogP contribution is 2.41. The van der Waals surface area contributed by atoms with Crippen molar-refractivity contribution < 1.29 is 63.2 Å². The average molecular weight is 808 g/mol. The summed E-state index contributed by atoms with van der Waals surface area (Å²) in [5.41, 5.74) is 1.77. The molecule has 3 aliphatic rings. The molecule has 16 unspecified atom stereocenters. The van der Waals surface area contributed by atoms with Gasteiger partial charge in [-0.15, -0.1) is 0 Å². The lowest BCUT2D eigenvalue weighted by Gasteiger charge is -2.50. The lowest BCUT2D eigenvalue weighted by Crippen LogP contribution is -2.66. The smallest absolute Gasteiger partial charge is 0.314 e. The van der Waals surface area contributed by atoms with Crippen LogP contribution in [0.25, 0.3) is 0 Å². The highest BCUT2D eigenvalue weighted by atomic mass is 16.7. The monoisotopic (exact) mass is 807 g/mol. The van der Waals surface area contributed by atoms with Crippen molar-refractivity contribution in [1.29, 1.82) is 0 Å². The number of hydrogen-bond donors (Lipinski definition) is 5. The van der Waals surface area contributed by atoms with E-state index in [9.17, 15) is 30.0 Å². The molecule has 1 amide bonds. The van der Waals surface area contributed by atoms with Gasteiger partial charge in [0.15, 0.2) is 6.29 Å². The molecule has 3 rings (SSSR count). The van der Waals surface area contributed by atoms with E-state index in [1.807, 2.05) is 52.0 Å². The number of nitrogens with one attached hydrogen (secondary N) is 1. The molecular formula is C43H69NO13. The van der Waals surface area contributed by atoms with Crippen molar-refractivity contribution >= 4 is 11.9 Å². The summed E-state index contributed by atoms with van der Waals surface area (Å²) < 4.78 is 42.5. The molecule has 0 spiro atoms. The fraction of sp³-hybridized carbons (Fsp3) is 0.721. The van der Waals surface area contributed by atoms with Crippen LogP contribution in [0.2, 0.25) is 0 Å². The van der Waals surface area contributed by atoms with Gasteiger partial charge in [-0.3, -0.25) is 9.59 Å². The Morgan fingerprint density at radius 1 is 1.07 bits per heavy atom. The zero-order chi connectivity index (χ0) is 42.8. The average Bonchev–Trinajstić information content (AvgIpc) is 3.15. The van der Waals surface area contributed by atoms with Crippen LogP contribution in [0.3, 0.4) is 0 Å². The van der Waals surface area contributed by atoms with Gasteiger partial charge in [0.25, 0.3) is 0 Å². The SMILES string of the molecule is CO/C1=C\C(C)C(OC2CC(NC(C)=O)C(O)C(C)O2)/C=C/C(C)=C/CCC(OC)C(/C=C/C(C)=C/C(C)C(C)O)OC(=O)C(C)C2(O)OC1C(C)C(O)C2OC. The maximum absolute atomic E-state index is 14.1. The number of aliphatic hydroxyl groups excluding tert-OH is 3. The number of methoxy groups -OCH3 is 3. The minimum absolute atomic E-state index is 0.112. The van der Waals surface area contributed by atoms with Gasteiger partial charge in [-0.25, -0.2) is 0 Å². The van der Waals surface area contributed by atoms with Crippen LogP contribution in [0, 0.1) is 23.7 Å². The standard InChI is InChI=1S/C43H69NO13/c1-23-14-13-15-34(51-10)35(19-17-24(2)20-25(3)29(7)45)56-42(49)28(6)43(50)41(53-12)38(47)27(5)40(57-43)36(52-11)21-26(4)33(18-16-23)55-37-22-32(44-31(9)46)39(48)30(8)54-37/h14,16-21,25-30,32-35,37-41,45,47-48,50H,13,15,22H2,1-12H3,(H,44,46)/b18-16+,19-17+,23-14+,24-20+,36-21-. The molecule has 14 heteroatoms. The van der Waals surface area contributed by atoms with E-state index in [1.54, 1.807) is 39.0 Å². The molecule has 0 aromatic carbocycles. The number of hydrogen-bond acceptors (Lipinski definition) is 13. The van der Waals surface area contributed by atoms with Gasteiger partial charge in [0, 0.05) is 45.3 Å². The first-order chi connectivity index (χ1) is 26.8. The van der Waals surface area contributed by atoms with Crippen LogP contribution in [0.4, 0.5) is 0 Å². The molecule has 3 aliphatic heterocycles. The topological polar surface area (TPSA) is 192 Å². The Morgan fingerprint density at radius 3 is 2.35 bits per heavy atom. The molecule has 0 aromatic heterocycles. The predicted molar refractivity (Wildman–Crippen MR) is 213 cm³/mol. The Labute approximate surface area is 338 Å². The molecule has 0 saturated carbocycles. The summed E-state index contributed by atoms with van der Waals surface area (Å²) in [5, 5.41) is 47.4. The third-order valence-electron chi connectivity index (χ3n) is 11.4. The molecule has 14 nitrogen and oxygen atoms in total. The largest absolute Gasteiger partial charge is 0.499 e. The van der Waals surface area contributed by atoms with E-state index in [1.165, 1.54) is 35.2 Å². The summed E-state index contributed by atoms with van der Waals surface area (Å²) in [5.74, 6) is -5.73. The normalized spacial score (nSPS) is 41.3. The number of cyclic esters (lactones) is 1. The zero-order valence-corrected chi connectivity index (χ0v) is 35.8. The molecule has 16 atom stereocenters. The molecule has 0 aromatic rings. The summed E-state index contributed by atoms with van der Waals surface area (Å²) in [7, 11) is 4.32. The number of allylic oxidation sites excluding steroid dienone is 5. The van der Waals surface area contributed by atoms with Gasteiger partial charge in [0.1, 0.15) is 36.1 Å². The number of carbonyl (C=O) groups is 2. The van der Waals surface area contributed by atoms with Crippen molar-refractivity contribution in [2.45, 2.75) is 155 Å². The Bertz CT molecular complexity index is 1470. The first-order valence-corrected chi connectivity index (χ1v) is 20.0. The van der Waals surface area contributed by atoms with Crippen molar-refractivity contribution in [3.8, 4) is 0 Å². The fourth-order valence-electron chi connectivity index (χ4n) is 7.45. The van der Waals surface area contributed by atoms with Crippen molar-refractivity contribution in [3.05, 3.63) is 59.4 Å². The third-order valence-corrected chi connectivity index (χ3v) is 11.4. The first-order valence-electron chi connectivity index (χ1n) is 20.0. The van der Waals surface area contributed by atoms with Gasteiger partial charge in [-0.05, 0) is 59.6 Å². The highest BCUT2D eigenvalue weighted by Gasteiger charge is 2.59. The summed E-state index contributed by atoms with van der Waals surface area (Å²) in [6, 6.07) is -0.584. The molecule has 2 fully saturated rings. The van der Waals surface area contributed by atoms with Crippen LogP contribution in [0.5, 0.6) is 0 Å². The van der Waals surface area contributed by atoms with E-state index in [2.05, 4.69) is 5.32 Å². The number of esters is 1. The van der Waals surface area contributed by atoms with Crippen molar-refractivity contribution in [1.82, 2.24) is 5.32 Å². The quantitative estimate of drug-likeness (QED) is 0.157. The van der Waals surface area contributed by atoms with Crippen LogP contribution < -0.4 is 5.32 Å². The van der Waals surface area contributed by atoms with Crippen molar-refractivity contribution in [2.75, 3.05) is 21.3 Å². The molecule has 324 valence electrons. The number of amides is 1. The maximum atomic E-state index is 14.1. The molecule has 0 aliphatic carbocycles. The number of ether oxygens (including phenoxy) is 7. The summed E-state index contributed by atoms with van der Waals surface area (Å²) >= 11 is 0. The summed E-state index contributed by atoms with van der Waals surface area (Å²) in [6.45, 7) is 15.7. The number of fused-ring (bicyclic) bond motifs is 2. The van der Waals surface area contributed by atoms with E-state index in [4.69, 9.17) is 33.2 Å². The number of aliphatic hydroxyl groups is 4. The number of rotatable bonds is 10. The van der Waals surface area contributed by atoms with E-state index >= 15 is 0 Å². The molecule has 57 heavy (non-hydrogen) atoms. The second-order valence-electron chi connectivity index (χ2n) is 16.0. The second kappa shape index (κ2) is 21.9. The molecule has 2 saturated heterocycles. The van der Waals surface area contributed by atoms with Crippen molar-refractivity contribution in [3.63, 3.8) is 0 Å². The van der Waals surface area contributed by atoms with Gasteiger partial charge in [0.05, 0.1) is 43.7 Å². The Kier molecular flexibility index (Phi) is 18.6. The fourth-order valence-corrected chi connectivity index (χ4v) is 7.45. The third kappa shape index (κ3) is 12.8. The highest BCUT2D eigenvalue weighted by molar-refractivity contribution is 5.74. The van der Waals surface area contributed by atoms with Gasteiger partial charge >= 0.3 is 5.97 Å². The van der Waals surface area contributed by atoms with Gasteiger partial charge < -0.3 is 58.9 Å². The summed E-state index contributed by atoms with van der Waals surface area (Å²) in [4.78, 5) is 26.0. The second-order valence-corrected chi connectivity index (χ2v) is 16.0. The minimum Gasteiger partial charge on any atom is -0.499 e. The van der Waals surface area contributed by atoms with Gasteiger partial charge in [-0.2, -0.15) is 0 Å². The Morgan fingerprint density at radius 2 is 1.75 bits per heavy atom. The van der Waals surface area contributed by atoms with Crippen LogP contribution in [0.15, 0.2) is 59.4 Å². The number of carbonyl (C=O) groups excluding carboxylic acids is 2. The lowest BCUT2D eigenvalue weighted by atomic mass is 9.80. The molecule has 0 radical (unpaired) electrons. The predicted octanol–water partition coefficient (Wildman–Crippen LogP) is 4.02. The Hall–Kier alpha value is -2.92. The maximum Gasteiger partial charge on any atom is 0.314 e. The van der Waals surface area contributed by atoms with Crippen LogP contribution >= 0.6 is 0 Å². The van der Waals surface area contributed by atoms with E-state index in [-0.39, 0.29) is 24.0 Å². The molecule has 2 bridgehead atoms. The molecule has 3 heterocycles. The Balaban J connectivity index is 2.14. The van der Waals surface area contributed by atoms with E-state index in [0.29, 0.717) is 12.8 Å².